The third-order valence-corrected chi connectivity index (χ3v) is 5.02. The Labute approximate surface area is 119 Å². The van der Waals surface area contributed by atoms with E-state index in [1.54, 1.807) is 13.8 Å². The van der Waals surface area contributed by atoms with Crippen molar-refractivity contribution in [3.8, 4) is 0 Å². The maximum absolute atomic E-state index is 12.5. The third-order valence-electron chi connectivity index (χ3n) is 2.92. The lowest BCUT2D eigenvalue weighted by atomic mass is 10.2. The molecule has 112 valence electrons. The van der Waals surface area contributed by atoms with Crippen molar-refractivity contribution in [3.63, 3.8) is 0 Å². The van der Waals surface area contributed by atoms with Gasteiger partial charge in [0.1, 0.15) is 0 Å². The first kappa shape index (κ1) is 16.6. The minimum absolute atomic E-state index is 0.0527. The number of carboxylic acid groups (broad SMARTS) is 1. The maximum Gasteiger partial charge on any atom is 0.335 e. The van der Waals surface area contributed by atoms with Crippen LogP contribution >= 0.6 is 0 Å². The average molecular weight is 301 g/mol. The van der Waals surface area contributed by atoms with E-state index in [1.807, 2.05) is 0 Å². The topological polar surface area (TPSA) is 83.9 Å². The minimum Gasteiger partial charge on any atom is -0.478 e. The van der Waals surface area contributed by atoms with Gasteiger partial charge in [0, 0.05) is 19.7 Å². The number of nitrogens with zero attached hydrogens (tertiary/aromatic N) is 1. The molecular formula is C13H19NO5S. The zero-order valence-corrected chi connectivity index (χ0v) is 12.6. The quantitative estimate of drug-likeness (QED) is 0.823. The van der Waals surface area contributed by atoms with Crippen LogP contribution in [-0.4, -0.2) is 50.1 Å². The molecule has 0 aromatic heterocycles. The van der Waals surface area contributed by atoms with Gasteiger partial charge in [-0.05, 0) is 31.2 Å². The Morgan fingerprint density at radius 2 is 1.90 bits per heavy atom. The van der Waals surface area contributed by atoms with E-state index in [2.05, 4.69) is 0 Å². The van der Waals surface area contributed by atoms with Crippen LogP contribution in [0.4, 0.5) is 0 Å². The highest BCUT2D eigenvalue weighted by Gasteiger charge is 2.27. The molecule has 20 heavy (non-hydrogen) atoms. The molecule has 0 bridgehead atoms. The summed E-state index contributed by atoms with van der Waals surface area (Å²) >= 11 is 0. The number of rotatable bonds is 7. The van der Waals surface area contributed by atoms with Crippen molar-refractivity contribution in [2.75, 3.05) is 20.3 Å². The number of hydrogen-bond acceptors (Lipinski definition) is 4. The fourth-order valence-corrected chi connectivity index (χ4v) is 3.57. The Balaban J connectivity index is 3.10. The highest BCUT2D eigenvalue weighted by atomic mass is 32.2. The number of methoxy groups -OCH3 is 1. The van der Waals surface area contributed by atoms with E-state index in [1.165, 1.54) is 35.7 Å². The Kier molecular flexibility index (Phi) is 5.67. The molecule has 0 heterocycles. The third kappa shape index (κ3) is 3.56. The van der Waals surface area contributed by atoms with Crippen molar-refractivity contribution in [2.45, 2.75) is 24.8 Å². The molecule has 0 saturated heterocycles. The van der Waals surface area contributed by atoms with E-state index in [0.29, 0.717) is 13.2 Å². The number of ether oxygens (including phenoxy) is 1. The fourth-order valence-electron chi connectivity index (χ4n) is 1.95. The van der Waals surface area contributed by atoms with Crippen LogP contribution in [0.3, 0.4) is 0 Å². The first-order valence-electron chi connectivity index (χ1n) is 6.18. The van der Waals surface area contributed by atoms with E-state index in [-0.39, 0.29) is 16.5 Å². The maximum atomic E-state index is 12.5. The molecule has 1 atom stereocenters. The molecule has 0 amide bonds. The van der Waals surface area contributed by atoms with Gasteiger partial charge in [0.15, 0.2) is 0 Å². The average Bonchev–Trinajstić information content (AvgIpc) is 2.39. The molecular weight excluding hydrogens is 282 g/mol. The predicted octanol–water partition coefficient (Wildman–Crippen LogP) is 1.43. The Hall–Kier alpha value is -1.44. The molecule has 1 aromatic carbocycles. The number of carboxylic acids is 1. The van der Waals surface area contributed by atoms with Crippen LogP contribution in [0.25, 0.3) is 0 Å². The number of sulfonamides is 1. The molecule has 0 aliphatic carbocycles. The van der Waals surface area contributed by atoms with E-state index >= 15 is 0 Å². The second kappa shape index (κ2) is 6.83. The van der Waals surface area contributed by atoms with Gasteiger partial charge in [0.2, 0.25) is 10.0 Å². The first-order valence-corrected chi connectivity index (χ1v) is 7.62. The van der Waals surface area contributed by atoms with Crippen molar-refractivity contribution < 1.29 is 23.1 Å². The summed E-state index contributed by atoms with van der Waals surface area (Å²) < 4.78 is 31.3. The molecule has 1 N–H and O–H groups in total. The summed E-state index contributed by atoms with van der Waals surface area (Å²) in [5, 5.41) is 8.82. The predicted molar refractivity (Wildman–Crippen MR) is 74.3 cm³/mol. The van der Waals surface area contributed by atoms with Crippen molar-refractivity contribution in [3.05, 3.63) is 29.8 Å². The fraction of sp³-hybridized carbons (Fsp3) is 0.462. The zero-order chi connectivity index (χ0) is 15.3. The summed E-state index contributed by atoms with van der Waals surface area (Å²) in [4.78, 5) is 10.8. The minimum atomic E-state index is -3.65. The molecule has 0 fully saturated rings. The monoisotopic (exact) mass is 301 g/mol. The van der Waals surface area contributed by atoms with Crippen LogP contribution in [-0.2, 0) is 14.8 Å². The van der Waals surface area contributed by atoms with Crippen molar-refractivity contribution in [2.24, 2.45) is 0 Å². The van der Waals surface area contributed by atoms with Crippen LogP contribution in [0.1, 0.15) is 24.2 Å². The molecule has 0 spiro atoms. The number of aromatic carboxylic acids is 1. The van der Waals surface area contributed by atoms with Crippen molar-refractivity contribution >= 4 is 16.0 Å². The van der Waals surface area contributed by atoms with Crippen molar-refractivity contribution in [1.29, 1.82) is 0 Å². The molecule has 0 aliphatic rings. The molecule has 7 heteroatoms. The summed E-state index contributed by atoms with van der Waals surface area (Å²) in [6.45, 7) is 4.11. The second-order valence-corrected chi connectivity index (χ2v) is 6.23. The highest BCUT2D eigenvalue weighted by Crippen LogP contribution is 2.19. The van der Waals surface area contributed by atoms with Crippen LogP contribution in [0.2, 0.25) is 0 Å². The van der Waals surface area contributed by atoms with Gasteiger partial charge in [-0.3, -0.25) is 0 Å². The summed E-state index contributed by atoms with van der Waals surface area (Å²) in [6.07, 6.45) is 0. The number of likely N-dealkylation sites (N-methyl/N-ethyl adjacent to an activating group) is 1. The van der Waals surface area contributed by atoms with Crippen LogP contribution in [0, 0.1) is 0 Å². The van der Waals surface area contributed by atoms with Gasteiger partial charge >= 0.3 is 5.97 Å². The lowest BCUT2D eigenvalue weighted by Gasteiger charge is -2.26. The van der Waals surface area contributed by atoms with Gasteiger partial charge in [-0.15, -0.1) is 0 Å². The first-order chi connectivity index (χ1) is 9.34. The van der Waals surface area contributed by atoms with Crippen LogP contribution < -0.4 is 0 Å². The van der Waals surface area contributed by atoms with Crippen molar-refractivity contribution in [1.82, 2.24) is 4.31 Å². The SMILES string of the molecule is CCN(C(C)COC)S(=O)(=O)c1ccc(C(=O)O)cc1. The molecule has 1 unspecified atom stereocenters. The van der Waals surface area contributed by atoms with Gasteiger partial charge in [0.05, 0.1) is 17.1 Å². The normalized spacial score (nSPS) is 13.4. The van der Waals surface area contributed by atoms with Gasteiger partial charge in [-0.2, -0.15) is 4.31 Å². The van der Waals surface area contributed by atoms with Gasteiger partial charge in [0.25, 0.3) is 0 Å². The van der Waals surface area contributed by atoms with E-state index in [0.717, 1.165) is 0 Å². The largest absolute Gasteiger partial charge is 0.478 e. The zero-order valence-electron chi connectivity index (χ0n) is 11.7. The summed E-state index contributed by atoms with van der Waals surface area (Å²) in [6, 6.07) is 4.88. The van der Waals surface area contributed by atoms with Crippen LogP contribution in [0.5, 0.6) is 0 Å². The molecule has 0 aliphatic heterocycles. The standard InChI is InChI=1S/C13H19NO5S/c1-4-14(10(2)9-19-3)20(17,18)12-7-5-11(6-8-12)13(15)16/h5-8,10H,4,9H2,1-3H3,(H,15,16). The molecule has 6 nitrogen and oxygen atoms in total. The Morgan fingerprint density at radius 1 is 1.35 bits per heavy atom. The van der Waals surface area contributed by atoms with E-state index in [4.69, 9.17) is 9.84 Å². The van der Waals surface area contributed by atoms with Crippen LogP contribution in [0.15, 0.2) is 29.2 Å². The molecule has 1 aromatic rings. The van der Waals surface area contributed by atoms with Gasteiger partial charge in [-0.1, -0.05) is 6.92 Å². The smallest absolute Gasteiger partial charge is 0.335 e. The Morgan fingerprint density at radius 3 is 2.30 bits per heavy atom. The summed E-state index contributed by atoms with van der Waals surface area (Å²) in [5.41, 5.74) is 0.0527. The summed E-state index contributed by atoms with van der Waals surface area (Å²) in [5.74, 6) is -1.09. The van der Waals surface area contributed by atoms with Gasteiger partial charge in [-0.25, -0.2) is 13.2 Å². The molecule has 0 radical (unpaired) electrons. The lowest BCUT2D eigenvalue weighted by molar-refractivity contribution is 0.0696. The molecule has 0 saturated carbocycles. The number of hydrogen-bond donors (Lipinski definition) is 1. The highest BCUT2D eigenvalue weighted by molar-refractivity contribution is 7.89. The second-order valence-electron chi connectivity index (χ2n) is 4.34. The van der Waals surface area contributed by atoms with E-state index in [9.17, 15) is 13.2 Å². The number of benzene rings is 1. The summed E-state index contributed by atoms with van der Waals surface area (Å²) in [7, 11) is -2.14. The lowest BCUT2D eigenvalue weighted by Crippen LogP contribution is -2.40. The van der Waals surface area contributed by atoms with Gasteiger partial charge < -0.3 is 9.84 Å². The Bertz CT molecular complexity index is 553. The number of carbonyl (C=O) groups is 1. The molecule has 1 rings (SSSR count). The van der Waals surface area contributed by atoms with E-state index < -0.39 is 16.0 Å².